The van der Waals surface area contributed by atoms with Gasteiger partial charge in [0.1, 0.15) is 23.2 Å². The molecular weight excluding hydrogens is 430 g/mol. The van der Waals surface area contributed by atoms with Gasteiger partial charge in [-0.1, -0.05) is 13.3 Å². The zero-order valence-corrected chi connectivity index (χ0v) is 19.7. The summed E-state index contributed by atoms with van der Waals surface area (Å²) in [6, 6.07) is 16.7. The molecule has 1 saturated heterocycles. The fourth-order valence-electron chi connectivity index (χ4n) is 3.60. The van der Waals surface area contributed by atoms with Crippen molar-refractivity contribution in [3.63, 3.8) is 0 Å². The SMILES string of the molecule is CCCCOc1ccc(C(=O)Nc2ccc(Nc3cc(N4CCOCC4)nc(C)n3)cc2)cc1. The Balaban J connectivity index is 1.35. The smallest absolute Gasteiger partial charge is 0.255 e. The van der Waals surface area contributed by atoms with Gasteiger partial charge < -0.3 is 25.0 Å². The summed E-state index contributed by atoms with van der Waals surface area (Å²) in [5.74, 6) is 2.94. The maximum absolute atomic E-state index is 12.6. The van der Waals surface area contributed by atoms with Crippen molar-refractivity contribution in [3.8, 4) is 5.75 Å². The van der Waals surface area contributed by atoms with Gasteiger partial charge in [0, 0.05) is 36.1 Å². The van der Waals surface area contributed by atoms with Gasteiger partial charge in [-0.2, -0.15) is 0 Å². The van der Waals surface area contributed by atoms with E-state index in [2.05, 4.69) is 32.4 Å². The molecule has 34 heavy (non-hydrogen) atoms. The lowest BCUT2D eigenvalue weighted by Crippen LogP contribution is -2.36. The van der Waals surface area contributed by atoms with Crippen molar-refractivity contribution in [3.05, 3.63) is 66.0 Å². The Morgan fingerprint density at radius 1 is 1.03 bits per heavy atom. The maximum atomic E-state index is 12.6. The molecule has 0 spiro atoms. The monoisotopic (exact) mass is 461 g/mol. The van der Waals surface area contributed by atoms with Crippen LogP contribution in [-0.4, -0.2) is 48.8 Å². The number of unbranched alkanes of at least 4 members (excludes halogenated alkanes) is 1. The Hall–Kier alpha value is -3.65. The predicted molar refractivity (Wildman–Crippen MR) is 134 cm³/mol. The van der Waals surface area contributed by atoms with Crippen LogP contribution in [0.1, 0.15) is 35.9 Å². The number of nitrogens with zero attached hydrogens (tertiary/aromatic N) is 3. The quantitative estimate of drug-likeness (QED) is 0.443. The zero-order chi connectivity index (χ0) is 23.8. The molecule has 1 aliphatic heterocycles. The normalized spacial score (nSPS) is 13.4. The van der Waals surface area contributed by atoms with Gasteiger partial charge in [0.2, 0.25) is 0 Å². The number of ether oxygens (including phenoxy) is 2. The number of amides is 1. The molecule has 1 aromatic heterocycles. The Labute approximate surface area is 200 Å². The number of benzene rings is 2. The maximum Gasteiger partial charge on any atom is 0.255 e. The van der Waals surface area contributed by atoms with Crippen LogP contribution in [0.2, 0.25) is 0 Å². The zero-order valence-electron chi connectivity index (χ0n) is 19.7. The molecule has 0 radical (unpaired) electrons. The molecule has 1 aliphatic rings. The number of anilines is 4. The van der Waals surface area contributed by atoms with E-state index in [1.54, 1.807) is 12.1 Å². The van der Waals surface area contributed by atoms with Crippen molar-refractivity contribution < 1.29 is 14.3 Å². The second kappa shape index (κ2) is 11.5. The average Bonchev–Trinajstić information content (AvgIpc) is 2.86. The van der Waals surface area contributed by atoms with Gasteiger partial charge >= 0.3 is 0 Å². The van der Waals surface area contributed by atoms with Gasteiger partial charge in [0.15, 0.2) is 0 Å². The molecule has 1 fully saturated rings. The van der Waals surface area contributed by atoms with Crippen LogP contribution < -0.4 is 20.3 Å². The van der Waals surface area contributed by atoms with E-state index in [-0.39, 0.29) is 5.91 Å². The molecule has 3 aromatic rings. The van der Waals surface area contributed by atoms with Crippen molar-refractivity contribution in [2.75, 3.05) is 48.4 Å². The van der Waals surface area contributed by atoms with Gasteiger partial charge in [-0.05, 0) is 61.9 Å². The lowest BCUT2D eigenvalue weighted by molar-refractivity contribution is 0.102. The average molecular weight is 462 g/mol. The summed E-state index contributed by atoms with van der Waals surface area (Å²) in [7, 11) is 0. The summed E-state index contributed by atoms with van der Waals surface area (Å²) in [4.78, 5) is 23.9. The summed E-state index contributed by atoms with van der Waals surface area (Å²) in [6.45, 7) is 7.74. The molecule has 2 aromatic carbocycles. The van der Waals surface area contributed by atoms with Crippen LogP contribution in [0.3, 0.4) is 0 Å². The summed E-state index contributed by atoms with van der Waals surface area (Å²) in [6.07, 6.45) is 2.10. The largest absolute Gasteiger partial charge is 0.494 e. The summed E-state index contributed by atoms with van der Waals surface area (Å²) >= 11 is 0. The van der Waals surface area contributed by atoms with Crippen molar-refractivity contribution in [1.82, 2.24) is 9.97 Å². The fourth-order valence-corrected chi connectivity index (χ4v) is 3.60. The minimum Gasteiger partial charge on any atom is -0.494 e. The van der Waals surface area contributed by atoms with Gasteiger partial charge in [0.05, 0.1) is 19.8 Å². The summed E-state index contributed by atoms with van der Waals surface area (Å²) in [5, 5.41) is 6.26. The highest BCUT2D eigenvalue weighted by Gasteiger charge is 2.14. The lowest BCUT2D eigenvalue weighted by Gasteiger charge is -2.28. The van der Waals surface area contributed by atoms with Gasteiger partial charge in [-0.3, -0.25) is 4.79 Å². The number of aromatic nitrogens is 2. The van der Waals surface area contributed by atoms with Gasteiger partial charge in [-0.25, -0.2) is 9.97 Å². The van der Waals surface area contributed by atoms with Crippen LogP contribution in [0.15, 0.2) is 54.6 Å². The number of nitrogens with one attached hydrogen (secondary N) is 2. The Bertz CT molecular complexity index is 1080. The van der Waals surface area contributed by atoms with E-state index in [0.29, 0.717) is 36.9 Å². The third-order valence-corrected chi connectivity index (χ3v) is 5.46. The predicted octanol–water partition coefficient (Wildman–Crippen LogP) is 4.80. The van der Waals surface area contributed by atoms with E-state index in [1.165, 1.54) is 0 Å². The summed E-state index contributed by atoms with van der Waals surface area (Å²) < 4.78 is 11.1. The molecule has 0 atom stereocenters. The van der Waals surface area contributed by atoms with Crippen molar-refractivity contribution in [1.29, 1.82) is 0 Å². The number of morpholine rings is 1. The highest BCUT2D eigenvalue weighted by atomic mass is 16.5. The molecule has 0 saturated carbocycles. The first kappa shape index (κ1) is 23.5. The third-order valence-electron chi connectivity index (χ3n) is 5.46. The van der Waals surface area contributed by atoms with Gasteiger partial charge in [-0.15, -0.1) is 0 Å². The molecule has 178 valence electrons. The van der Waals surface area contributed by atoms with Crippen molar-refractivity contribution >= 4 is 28.9 Å². The van der Waals surface area contributed by atoms with E-state index in [1.807, 2.05) is 49.4 Å². The van der Waals surface area contributed by atoms with Crippen molar-refractivity contribution in [2.24, 2.45) is 0 Å². The minimum absolute atomic E-state index is 0.164. The molecule has 8 heteroatoms. The molecule has 4 rings (SSSR count). The van der Waals surface area contributed by atoms with Crippen molar-refractivity contribution in [2.45, 2.75) is 26.7 Å². The minimum atomic E-state index is -0.164. The topological polar surface area (TPSA) is 88.6 Å². The fraction of sp³-hybridized carbons (Fsp3) is 0.346. The van der Waals surface area contributed by atoms with Crippen LogP contribution in [0.5, 0.6) is 5.75 Å². The molecule has 2 heterocycles. The second-order valence-electron chi connectivity index (χ2n) is 8.14. The molecule has 2 N–H and O–H groups in total. The van der Waals surface area contributed by atoms with Gasteiger partial charge in [0.25, 0.3) is 5.91 Å². The number of aryl methyl sites for hydroxylation is 1. The standard InChI is InChI=1S/C26H31N5O3/c1-3-4-15-34-23-11-5-20(6-12-23)26(32)30-22-9-7-21(8-10-22)29-24-18-25(28-19(2)27-24)31-13-16-33-17-14-31/h5-12,18H,3-4,13-17H2,1-2H3,(H,30,32)(H,27,28,29). The third kappa shape index (κ3) is 6.45. The van der Waals surface area contributed by atoms with Crippen LogP contribution in [-0.2, 0) is 4.74 Å². The number of hydrogen-bond donors (Lipinski definition) is 2. The highest BCUT2D eigenvalue weighted by Crippen LogP contribution is 2.22. The van der Waals surface area contributed by atoms with E-state index < -0.39 is 0 Å². The number of carbonyl (C=O) groups is 1. The number of carbonyl (C=O) groups excluding carboxylic acids is 1. The van der Waals surface area contributed by atoms with Crippen LogP contribution in [0.25, 0.3) is 0 Å². The van der Waals surface area contributed by atoms with Crippen LogP contribution in [0, 0.1) is 6.92 Å². The molecule has 0 aliphatic carbocycles. The Morgan fingerprint density at radius 2 is 1.74 bits per heavy atom. The first-order valence-electron chi connectivity index (χ1n) is 11.7. The Morgan fingerprint density at radius 3 is 2.44 bits per heavy atom. The first-order chi connectivity index (χ1) is 16.6. The molecule has 1 amide bonds. The Kier molecular flexibility index (Phi) is 7.93. The summed E-state index contributed by atoms with van der Waals surface area (Å²) in [5.41, 5.74) is 2.17. The molecule has 8 nitrogen and oxygen atoms in total. The van der Waals surface area contributed by atoms with E-state index in [9.17, 15) is 4.79 Å². The molecule has 0 bridgehead atoms. The second-order valence-corrected chi connectivity index (χ2v) is 8.14. The van der Waals surface area contributed by atoms with Crippen LogP contribution in [0.4, 0.5) is 23.0 Å². The van der Waals surface area contributed by atoms with Crippen LogP contribution >= 0.6 is 0 Å². The van der Waals surface area contributed by atoms with E-state index >= 15 is 0 Å². The van der Waals surface area contributed by atoms with E-state index in [4.69, 9.17) is 9.47 Å². The molecule has 0 unspecified atom stereocenters. The highest BCUT2D eigenvalue weighted by molar-refractivity contribution is 6.04. The lowest BCUT2D eigenvalue weighted by atomic mass is 10.2. The molecular formula is C26H31N5O3. The first-order valence-corrected chi connectivity index (χ1v) is 11.7. The number of rotatable bonds is 9. The van der Waals surface area contributed by atoms with E-state index in [0.717, 1.165) is 49.0 Å². The number of hydrogen-bond acceptors (Lipinski definition) is 7.